The summed E-state index contributed by atoms with van der Waals surface area (Å²) in [5.41, 5.74) is 2.05. The summed E-state index contributed by atoms with van der Waals surface area (Å²) >= 11 is 5.95. The molecular weight excluding hydrogens is 423 g/mol. The van der Waals surface area contributed by atoms with Crippen LogP contribution in [0.3, 0.4) is 0 Å². The molecule has 0 bridgehead atoms. The topological polar surface area (TPSA) is 30.0 Å². The fraction of sp³-hybridized carbons (Fsp3) is 0.520. The molecule has 1 atom stereocenters. The molecule has 1 heterocycles. The van der Waals surface area contributed by atoms with E-state index in [0.717, 1.165) is 12.5 Å². The lowest BCUT2D eigenvalue weighted by Crippen LogP contribution is -2.23. The van der Waals surface area contributed by atoms with Crippen molar-refractivity contribution in [2.24, 2.45) is 5.41 Å². The first-order chi connectivity index (χ1) is 14.4. The molecule has 0 saturated heterocycles. The van der Waals surface area contributed by atoms with Crippen LogP contribution in [0.4, 0.5) is 13.2 Å². The van der Waals surface area contributed by atoms with Gasteiger partial charge in [-0.15, -0.1) is 0 Å². The van der Waals surface area contributed by atoms with Gasteiger partial charge in [0.05, 0.1) is 0 Å². The minimum absolute atomic E-state index is 0.0760. The molecule has 6 heteroatoms. The van der Waals surface area contributed by atoms with Crippen molar-refractivity contribution in [1.29, 1.82) is 0 Å². The molecule has 1 aliphatic rings. The van der Waals surface area contributed by atoms with E-state index in [0.29, 0.717) is 28.2 Å². The Balaban J connectivity index is 0.000000225. The fourth-order valence-electron chi connectivity index (χ4n) is 4.90. The van der Waals surface area contributed by atoms with E-state index < -0.39 is 5.92 Å². The lowest BCUT2D eigenvalue weighted by molar-refractivity contribution is 0.0160. The first-order valence-corrected chi connectivity index (χ1v) is 11.1. The quantitative estimate of drug-likeness (QED) is 0.427. The highest BCUT2D eigenvalue weighted by molar-refractivity contribution is 6.30. The molecule has 1 aromatic heterocycles. The zero-order chi connectivity index (χ0) is 23.4. The second-order valence-electron chi connectivity index (χ2n) is 8.68. The Morgan fingerprint density at radius 2 is 1.84 bits per heavy atom. The van der Waals surface area contributed by atoms with Gasteiger partial charge in [0.2, 0.25) is 0 Å². The van der Waals surface area contributed by atoms with Crippen molar-refractivity contribution in [1.82, 2.24) is 4.98 Å². The van der Waals surface area contributed by atoms with Crippen molar-refractivity contribution >= 4 is 17.9 Å². The molecule has 0 radical (unpaired) electrons. The van der Waals surface area contributed by atoms with E-state index in [1.807, 2.05) is 6.07 Å². The number of benzene rings is 1. The zero-order valence-corrected chi connectivity index (χ0v) is 19.6. The number of pyridine rings is 1. The van der Waals surface area contributed by atoms with Crippen LogP contribution in [0.25, 0.3) is 0 Å². The first-order valence-electron chi connectivity index (χ1n) is 10.7. The number of hydrogen-bond donors (Lipinski definition) is 0. The molecule has 31 heavy (non-hydrogen) atoms. The van der Waals surface area contributed by atoms with Crippen LogP contribution in [0, 0.1) is 25.1 Å². The minimum Gasteiger partial charge on any atom is -0.296 e. The Morgan fingerprint density at radius 3 is 2.32 bits per heavy atom. The Hall–Kier alpha value is -1.88. The molecule has 0 N–H and O–H groups in total. The number of rotatable bonds is 5. The van der Waals surface area contributed by atoms with E-state index in [2.05, 4.69) is 18.8 Å². The third-order valence-electron chi connectivity index (χ3n) is 6.71. The van der Waals surface area contributed by atoms with Crippen LogP contribution in [0.15, 0.2) is 24.4 Å². The van der Waals surface area contributed by atoms with Gasteiger partial charge in [0.15, 0.2) is 6.29 Å². The van der Waals surface area contributed by atoms with E-state index in [-0.39, 0.29) is 22.6 Å². The van der Waals surface area contributed by atoms with Crippen molar-refractivity contribution in [3.63, 3.8) is 0 Å². The summed E-state index contributed by atoms with van der Waals surface area (Å²) in [5.74, 6) is -2.76. The molecule has 0 amide bonds. The number of alkyl halides is 2. The Bertz CT molecular complexity index is 897. The lowest BCUT2D eigenvalue weighted by atomic mass is 9.70. The highest BCUT2D eigenvalue weighted by Gasteiger charge is 2.38. The lowest BCUT2D eigenvalue weighted by Gasteiger charge is -2.35. The highest BCUT2D eigenvalue weighted by Crippen LogP contribution is 2.51. The molecule has 1 saturated carbocycles. The predicted molar refractivity (Wildman–Crippen MR) is 120 cm³/mol. The van der Waals surface area contributed by atoms with Crippen LogP contribution in [0.5, 0.6) is 0 Å². The highest BCUT2D eigenvalue weighted by atomic mass is 35.5. The van der Waals surface area contributed by atoms with E-state index in [4.69, 9.17) is 11.6 Å². The zero-order valence-electron chi connectivity index (χ0n) is 18.9. The number of aryl methyl sites for hydroxylation is 1. The van der Waals surface area contributed by atoms with Crippen molar-refractivity contribution in [3.8, 4) is 0 Å². The van der Waals surface area contributed by atoms with Crippen LogP contribution in [-0.2, 0) is 5.92 Å². The normalized spacial score (nSPS) is 16.4. The van der Waals surface area contributed by atoms with Crippen LogP contribution in [0.2, 0.25) is 5.02 Å². The van der Waals surface area contributed by atoms with Gasteiger partial charge >= 0.3 is 0 Å². The number of carbonyl (C=O) groups is 1. The second kappa shape index (κ2) is 10.2. The van der Waals surface area contributed by atoms with E-state index in [9.17, 15) is 18.0 Å². The molecule has 0 aliphatic heterocycles. The van der Waals surface area contributed by atoms with Crippen molar-refractivity contribution in [2.75, 3.05) is 0 Å². The summed E-state index contributed by atoms with van der Waals surface area (Å²) in [6.07, 6.45) is 8.09. The third-order valence-corrected chi connectivity index (χ3v) is 6.93. The number of carbonyl (C=O) groups excluding carboxylic acids is 1. The second-order valence-corrected chi connectivity index (χ2v) is 9.12. The van der Waals surface area contributed by atoms with Gasteiger partial charge in [0, 0.05) is 23.7 Å². The SMILES string of the molecule is CCC1(C(C)c2cc(F)cc(Cl)c2)CCCC1.Cc1cnc(C=O)c(C)c1C(C)(F)F. The van der Waals surface area contributed by atoms with Gasteiger partial charge in [-0.3, -0.25) is 9.78 Å². The molecule has 0 spiro atoms. The molecule has 1 aliphatic carbocycles. The van der Waals surface area contributed by atoms with E-state index >= 15 is 0 Å². The monoisotopic (exact) mass is 453 g/mol. The molecule has 3 rings (SSSR count). The summed E-state index contributed by atoms with van der Waals surface area (Å²) in [4.78, 5) is 14.3. The van der Waals surface area contributed by atoms with Crippen LogP contribution in [-0.4, -0.2) is 11.3 Å². The van der Waals surface area contributed by atoms with Crippen molar-refractivity contribution < 1.29 is 18.0 Å². The summed E-state index contributed by atoms with van der Waals surface area (Å²) in [6, 6.07) is 4.95. The molecular formula is C25H31ClF3NO. The molecule has 2 nitrogen and oxygen atoms in total. The van der Waals surface area contributed by atoms with Gasteiger partial charge in [0.1, 0.15) is 11.5 Å². The summed E-state index contributed by atoms with van der Waals surface area (Å²) in [6.45, 7) is 8.33. The van der Waals surface area contributed by atoms with Gasteiger partial charge < -0.3 is 0 Å². The smallest absolute Gasteiger partial charge is 0.271 e. The van der Waals surface area contributed by atoms with Crippen molar-refractivity contribution in [2.45, 2.75) is 78.6 Å². The molecule has 170 valence electrons. The molecule has 2 aromatic rings. The van der Waals surface area contributed by atoms with Gasteiger partial charge in [-0.1, -0.05) is 38.3 Å². The Kier molecular flexibility index (Phi) is 8.32. The number of aldehydes is 1. The van der Waals surface area contributed by atoms with E-state index in [1.54, 1.807) is 13.0 Å². The average Bonchev–Trinajstić information content (AvgIpc) is 3.16. The summed E-state index contributed by atoms with van der Waals surface area (Å²) < 4.78 is 39.7. The number of aromatic nitrogens is 1. The fourth-order valence-corrected chi connectivity index (χ4v) is 5.13. The summed E-state index contributed by atoms with van der Waals surface area (Å²) in [7, 11) is 0. The van der Waals surface area contributed by atoms with Gasteiger partial charge in [-0.2, -0.15) is 0 Å². The number of hydrogen-bond acceptors (Lipinski definition) is 2. The molecule has 1 fully saturated rings. The maximum Gasteiger partial charge on any atom is 0.271 e. The Morgan fingerprint density at radius 1 is 1.23 bits per heavy atom. The molecule has 1 unspecified atom stereocenters. The average molecular weight is 454 g/mol. The molecule has 1 aromatic carbocycles. The predicted octanol–water partition coefficient (Wildman–Crippen LogP) is 8.18. The standard InChI is InChI=1S/C15H20ClF.C10H11F2NO/c1-3-15(6-4-5-7-15)11(2)12-8-13(16)10-14(17)9-12;1-6-4-13-8(5-14)7(2)9(6)10(3,11)12/h8-11H,3-7H2,1-2H3;4-5H,1-3H3. The maximum absolute atomic E-state index is 13.4. The van der Waals surface area contributed by atoms with Crippen LogP contribution in [0.1, 0.15) is 91.5 Å². The minimum atomic E-state index is -2.94. The van der Waals surface area contributed by atoms with Gasteiger partial charge in [-0.25, -0.2) is 13.2 Å². The van der Waals surface area contributed by atoms with Crippen LogP contribution >= 0.6 is 11.6 Å². The summed E-state index contributed by atoms with van der Waals surface area (Å²) in [5, 5.41) is 0.510. The van der Waals surface area contributed by atoms with E-state index in [1.165, 1.54) is 51.3 Å². The first kappa shape index (κ1) is 25.4. The number of nitrogens with zero attached hydrogens (tertiary/aromatic N) is 1. The van der Waals surface area contributed by atoms with Crippen molar-refractivity contribution in [3.05, 3.63) is 63.2 Å². The number of halogens is 4. The van der Waals surface area contributed by atoms with Gasteiger partial charge in [-0.05, 0) is 79.3 Å². The van der Waals surface area contributed by atoms with Gasteiger partial charge in [0.25, 0.3) is 5.92 Å². The third kappa shape index (κ3) is 5.88. The van der Waals surface area contributed by atoms with Crippen LogP contribution < -0.4 is 0 Å². The maximum atomic E-state index is 13.4. The largest absolute Gasteiger partial charge is 0.296 e. The Labute approximate surface area is 188 Å².